The predicted octanol–water partition coefficient (Wildman–Crippen LogP) is 4.56. The number of carbonyl (C=O) groups excluding carboxylic acids is 2. The number of carbonyl (C=O) groups is 2. The number of rotatable bonds is 7. The molecule has 0 fully saturated rings. The summed E-state index contributed by atoms with van der Waals surface area (Å²) in [7, 11) is 1.57. The van der Waals surface area contributed by atoms with Crippen molar-refractivity contribution in [3.05, 3.63) is 69.2 Å². The van der Waals surface area contributed by atoms with E-state index < -0.39 is 18.0 Å². The van der Waals surface area contributed by atoms with Crippen molar-refractivity contribution in [3.8, 4) is 0 Å². The highest BCUT2D eigenvalue weighted by Crippen LogP contribution is 2.26. The third-order valence-electron chi connectivity index (χ3n) is 3.91. The van der Waals surface area contributed by atoms with Crippen molar-refractivity contribution in [1.82, 2.24) is 5.32 Å². The van der Waals surface area contributed by atoms with Crippen LogP contribution in [0.5, 0.6) is 0 Å². The average Bonchev–Trinajstić information content (AvgIpc) is 2.61. The smallest absolute Gasteiger partial charge is 0.338 e. The highest BCUT2D eigenvalue weighted by molar-refractivity contribution is 6.35. The van der Waals surface area contributed by atoms with Gasteiger partial charge in [-0.1, -0.05) is 41.4 Å². The Morgan fingerprint density at radius 3 is 2.52 bits per heavy atom. The van der Waals surface area contributed by atoms with Gasteiger partial charge in [-0.3, -0.25) is 4.79 Å². The molecule has 1 N–H and O–H groups in total. The van der Waals surface area contributed by atoms with Crippen molar-refractivity contribution in [2.45, 2.75) is 32.6 Å². The lowest BCUT2D eigenvalue weighted by atomic mass is 10.1. The Morgan fingerprint density at radius 2 is 1.85 bits per heavy atom. The van der Waals surface area contributed by atoms with Gasteiger partial charge < -0.3 is 14.8 Å². The first-order chi connectivity index (χ1) is 12.8. The summed E-state index contributed by atoms with van der Waals surface area (Å²) >= 11 is 12.0. The van der Waals surface area contributed by atoms with Crippen LogP contribution in [0.25, 0.3) is 0 Å². The zero-order chi connectivity index (χ0) is 20.0. The van der Waals surface area contributed by atoms with Gasteiger partial charge in [0.15, 0.2) is 6.10 Å². The van der Waals surface area contributed by atoms with Crippen LogP contribution in [0.4, 0.5) is 0 Å². The second-order valence-corrected chi connectivity index (χ2v) is 6.92. The van der Waals surface area contributed by atoms with Crippen LogP contribution in [0.3, 0.4) is 0 Å². The van der Waals surface area contributed by atoms with Gasteiger partial charge in [0.05, 0.1) is 18.2 Å². The number of methoxy groups -OCH3 is 1. The Balaban J connectivity index is 1.98. The molecule has 0 saturated carbocycles. The zero-order valence-corrected chi connectivity index (χ0v) is 16.8. The second-order valence-electron chi connectivity index (χ2n) is 6.08. The number of amides is 1. The van der Waals surface area contributed by atoms with Gasteiger partial charge in [0.1, 0.15) is 0 Å². The van der Waals surface area contributed by atoms with Crippen LogP contribution < -0.4 is 5.32 Å². The van der Waals surface area contributed by atoms with E-state index in [2.05, 4.69) is 5.32 Å². The summed E-state index contributed by atoms with van der Waals surface area (Å²) < 4.78 is 10.3. The molecule has 7 heteroatoms. The van der Waals surface area contributed by atoms with E-state index in [1.54, 1.807) is 50.4 Å². The summed E-state index contributed by atoms with van der Waals surface area (Å²) in [5.41, 5.74) is 1.92. The molecule has 0 aliphatic heterocycles. The van der Waals surface area contributed by atoms with E-state index >= 15 is 0 Å². The standard InChI is InChI=1S/C20H21Cl2NO4/c1-12(17-8-7-16(21)10-18(17)22)23-19(24)13(2)27-20(25)15-6-4-5-14(9-15)11-26-3/h4-10,12-13H,11H2,1-3H3,(H,23,24)/t12-,13+/m1/s1. The molecule has 0 saturated heterocycles. The van der Waals surface area contributed by atoms with E-state index in [0.29, 0.717) is 22.2 Å². The molecule has 0 heterocycles. The molecule has 2 rings (SSSR count). The Morgan fingerprint density at radius 1 is 1.11 bits per heavy atom. The van der Waals surface area contributed by atoms with E-state index in [-0.39, 0.29) is 6.04 Å². The quantitative estimate of drug-likeness (QED) is 0.680. The van der Waals surface area contributed by atoms with Gasteiger partial charge in [0.25, 0.3) is 5.91 Å². The van der Waals surface area contributed by atoms with E-state index in [1.165, 1.54) is 6.92 Å². The lowest BCUT2D eigenvalue weighted by Crippen LogP contribution is -2.37. The maximum atomic E-state index is 12.4. The largest absolute Gasteiger partial charge is 0.449 e. The average molecular weight is 410 g/mol. The van der Waals surface area contributed by atoms with Crippen LogP contribution in [0.2, 0.25) is 10.0 Å². The van der Waals surface area contributed by atoms with Gasteiger partial charge in [-0.25, -0.2) is 4.79 Å². The van der Waals surface area contributed by atoms with E-state index in [9.17, 15) is 9.59 Å². The lowest BCUT2D eigenvalue weighted by molar-refractivity contribution is -0.129. The van der Waals surface area contributed by atoms with Gasteiger partial charge in [-0.15, -0.1) is 0 Å². The van der Waals surface area contributed by atoms with Crippen molar-refractivity contribution in [2.75, 3.05) is 7.11 Å². The van der Waals surface area contributed by atoms with Crippen LogP contribution >= 0.6 is 23.2 Å². The summed E-state index contributed by atoms with van der Waals surface area (Å²) in [5.74, 6) is -0.998. The second kappa shape index (κ2) is 9.74. The predicted molar refractivity (Wildman–Crippen MR) is 105 cm³/mol. The first-order valence-electron chi connectivity index (χ1n) is 8.36. The SMILES string of the molecule is COCc1cccc(C(=O)O[C@@H](C)C(=O)N[C@H](C)c2ccc(Cl)cc2Cl)c1. The molecule has 0 unspecified atom stereocenters. The molecule has 2 atom stereocenters. The summed E-state index contributed by atoms with van der Waals surface area (Å²) in [6, 6.07) is 11.6. The van der Waals surface area contributed by atoms with Crippen LogP contribution in [0, 0.1) is 0 Å². The van der Waals surface area contributed by atoms with E-state index in [0.717, 1.165) is 11.1 Å². The molecule has 2 aromatic carbocycles. The molecule has 144 valence electrons. The number of esters is 1. The van der Waals surface area contributed by atoms with E-state index in [4.69, 9.17) is 32.7 Å². The minimum absolute atomic E-state index is 0.359. The Hall–Kier alpha value is -2.08. The molecule has 0 radical (unpaired) electrons. The molecule has 0 spiro atoms. The monoisotopic (exact) mass is 409 g/mol. The third-order valence-corrected chi connectivity index (χ3v) is 4.48. The normalized spacial score (nSPS) is 12.9. The van der Waals surface area contributed by atoms with Gasteiger partial charge >= 0.3 is 5.97 Å². The summed E-state index contributed by atoms with van der Waals surface area (Å²) in [6.45, 7) is 3.69. The number of halogens is 2. The van der Waals surface area contributed by atoms with Crippen molar-refractivity contribution < 1.29 is 19.1 Å². The highest BCUT2D eigenvalue weighted by atomic mass is 35.5. The van der Waals surface area contributed by atoms with Crippen LogP contribution in [-0.2, 0) is 20.9 Å². The van der Waals surface area contributed by atoms with Crippen molar-refractivity contribution in [1.29, 1.82) is 0 Å². The van der Waals surface area contributed by atoms with Crippen LogP contribution in [-0.4, -0.2) is 25.1 Å². The third kappa shape index (κ3) is 5.96. The van der Waals surface area contributed by atoms with Crippen LogP contribution in [0.1, 0.15) is 41.4 Å². The molecule has 0 aliphatic rings. The molecular weight excluding hydrogens is 389 g/mol. The number of hydrogen-bond donors (Lipinski definition) is 1. The van der Waals surface area contributed by atoms with Gasteiger partial charge in [-0.05, 0) is 49.2 Å². The highest BCUT2D eigenvalue weighted by Gasteiger charge is 2.22. The Labute approximate surface area is 168 Å². The minimum atomic E-state index is -0.961. The first-order valence-corrected chi connectivity index (χ1v) is 9.11. The number of hydrogen-bond acceptors (Lipinski definition) is 4. The van der Waals surface area contributed by atoms with Gasteiger partial charge in [0.2, 0.25) is 0 Å². The lowest BCUT2D eigenvalue weighted by Gasteiger charge is -2.19. The number of nitrogens with one attached hydrogen (secondary N) is 1. The van der Waals surface area contributed by atoms with Crippen molar-refractivity contribution in [3.63, 3.8) is 0 Å². The fourth-order valence-corrected chi connectivity index (χ4v) is 3.07. The van der Waals surface area contributed by atoms with Crippen molar-refractivity contribution >= 4 is 35.1 Å². The zero-order valence-electron chi connectivity index (χ0n) is 15.3. The van der Waals surface area contributed by atoms with Gasteiger partial charge in [0, 0.05) is 17.2 Å². The molecule has 27 heavy (non-hydrogen) atoms. The fraction of sp³-hybridized carbons (Fsp3) is 0.300. The molecule has 5 nitrogen and oxygen atoms in total. The number of ether oxygens (including phenoxy) is 2. The fourth-order valence-electron chi connectivity index (χ4n) is 2.50. The molecule has 0 bridgehead atoms. The Bertz CT molecular complexity index is 825. The molecule has 2 aromatic rings. The number of benzene rings is 2. The maximum absolute atomic E-state index is 12.4. The molecular formula is C20H21Cl2NO4. The molecule has 0 aromatic heterocycles. The van der Waals surface area contributed by atoms with Crippen molar-refractivity contribution in [2.24, 2.45) is 0 Å². The molecule has 1 amide bonds. The summed E-state index contributed by atoms with van der Waals surface area (Å²) in [6.07, 6.45) is -0.961. The van der Waals surface area contributed by atoms with Gasteiger partial charge in [-0.2, -0.15) is 0 Å². The summed E-state index contributed by atoms with van der Waals surface area (Å²) in [5, 5.41) is 3.75. The van der Waals surface area contributed by atoms with Crippen LogP contribution in [0.15, 0.2) is 42.5 Å². The summed E-state index contributed by atoms with van der Waals surface area (Å²) in [4.78, 5) is 24.6. The topological polar surface area (TPSA) is 64.6 Å². The maximum Gasteiger partial charge on any atom is 0.338 e. The van der Waals surface area contributed by atoms with E-state index in [1.807, 2.05) is 6.07 Å². The molecule has 0 aliphatic carbocycles. The first kappa shape index (κ1) is 21.2. The minimum Gasteiger partial charge on any atom is -0.449 e. The Kier molecular flexibility index (Phi) is 7.66.